The molecule has 0 aliphatic carbocycles. The van der Waals surface area contributed by atoms with Crippen molar-refractivity contribution in [1.29, 1.82) is 0 Å². The minimum absolute atomic E-state index is 0.00913. The predicted octanol–water partition coefficient (Wildman–Crippen LogP) is 1.85. The van der Waals surface area contributed by atoms with E-state index in [1.165, 1.54) is 0 Å². The van der Waals surface area contributed by atoms with Crippen molar-refractivity contribution >= 4 is 5.91 Å². The number of carbonyl (C=O) groups excluding carboxylic acids is 1. The van der Waals surface area contributed by atoms with Crippen molar-refractivity contribution in [3.63, 3.8) is 0 Å². The topological polar surface area (TPSA) is 67.0 Å². The molecule has 5 heteroatoms. The van der Waals surface area contributed by atoms with Crippen LogP contribution in [-0.4, -0.2) is 29.0 Å². The molecule has 1 amide bonds. The van der Waals surface area contributed by atoms with Crippen molar-refractivity contribution in [1.82, 2.24) is 15.3 Å². The second-order valence-electron chi connectivity index (χ2n) is 4.50. The molecule has 1 aromatic carbocycles. The standard InChI is InChI=1S/C15H19N3O2/c1-12-4-2-3-5-13(12)20-11-7-15(19)18-8-6-14-16-9-10-17-14/h2-5,9-10H,6-8,11H2,1H3,(H,16,17)(H,18,19). The summed E-state index contributed by atoms with van der Waals surface area (Å²) in [5.74, 6) is 1.70. The first-order valence-corrected chi connectivity index (χ1v) is 6.69. The molecule has 0 radical (unpaired) electrons. The van der Waals surface area contributed by atoms with E-state index in [0.29, 0.717) is 26.0 Å². The number of aromatic nitrogens is 2. The number of imidazole rings is 1. The number of rotatable bonds is 7. The summed E-state index contributed by atoms with van der Waals surface area (Å²) in [6.07, 6.45) is 4.53. The number of nitrogens with one attached hydrogen (secondary N) is 2. The zero-order valence-electron chi connectivity index (χ0n) is 11.6. The van der Waals surface area contributed by atoms with Crippen molar-refractivity contribution < 1.29 is 9.53 Å². The van der Waals surface area contributed by atoms with Gasteiger partial charge in [-0.2, -0.15) is 0 Å². The molecular weight excluding hydrogens is 254 g/mol. The molecule has 106 valence electrons. The minimum Gasteiger partial charge on any atom is -0.493 e. The summed E-state index contributed by atoms with van der Waals surface area (Å²) in [6, 6.07) is 7.78. The van der Waals surface area contributed by atoms with Gasteiger partial charge in [0.1, 0.15) is 11.6 Å². The molecule has 0 aliphatic heterocycles. The average molecular weight is 273 g/mol. The lowest BCUT2D eigenvalue weighted by atomic mass is 10.2. The van der Waals surface area contributed by atoms with Gasteiger partial charge in [0.15, 0.2) is 0 Å². The van der Waals surface area contributed by atoms with E-state index < -0.39 is 0 Å². The van der Waals surface area contributed by atoms with Crippen LogP contribution in [0.3, 0.4) is 0 Å². The van der Waals surface area contributed by atoms with Crippen molar-refractivity contribution in [3.05, 3.63) is 48.0 Å². The molecule has 0 atom stereocenters. The van der Waals surface area contributed by atoms with Gasteiger partial charge in [-0.1, -0.05) is 18.2 Å². The summed E-state index contributed by atoms with van der Waals surface area (Å²) in [6.45, 7) is 2.95. The van der Waals surface area contributed by atoms with E-state index in [9.17, 15) is 4.79 Å². The van der Waals surface area contributed by atoms with E-state index in [4.69, 9.17) is 4.74 Å². The van der Waals surface area contributed by atoms with Gasteiger partial charge < -0.3 is 15.0 Å². The first kappa shape index (κ1) is 14.1. The van der Waals surface area contributed by atoms with Gasteiger partial charge in [0, 0.05) is 25.4 Å². The molecule has 2 rings (SSSR count). The highest BCUT2D eigenvalue weighted by Gasteiger charge is 2.03. The van der Waals surface area contributed by atoms with Crippen LogP contribution in [0.1, 0.15) is 17.8 Å². The maximum Gasteiger partial charge on any atom is 0.223 e. The molecule has 2 N–H and O–H groups in total. The van der Waals surface area contributed by atoms with Crippen molar-refractivity contribution in [2.24, 2.45) is 0 Å². The molecule has 0 aliphatic rings. The number of H-pyrrole nitrogens is 1. The van der Waals surface area contributed by atoms with E-state index in [1.54, 1.807) is 12.4 Å². The number of benzene rings is 1. The lowest BCUT2D eigenvalue weighted by molar-refractivity contribution is -0.121. The second-order valence-corrected chi connectivity index (χ2v) is 4.50. The van der Waals surface area contributed by atoms with Crippen LogP contribution in [0.15, 0.2) is 36.7 Å². The van der Waals surface area contributed by atoms with Gasteiger partial charge in [0.05, 0.1) is 13.0 Å². The molecule has 2 aromatic rings. The van der Waals surface area contributed by atoms with E-state index in [2.05, 4.69) is 15.3 Å². The molecule has 1 heterocycles. The third-order valence-corrected chi connectivity index (χ3v) is 2.92. The zero-order valence-corrected chi connectivity index (χ0v) is 11.6. The molecular formula is C15H19N3O2. The lowest BCUT2D eigenvalue weighted by Gasteiger charge is -2.08. The van der Waals surface area contributed by atoms with Crippen LogP contribution in [0.2, 0.25) is 0 Å². The first-order valence-electron chi connectivity index (χ1n) is 6.69. The number of aromatic amines is 1. The van der Waals surface area contributed by atoms with Gasteiger partial charge in [-0.25, -0.2) is 4.98 Å². The van der Waals surface area contributed by atoms with Gasteiger partial charge >= 0.3 is 0 Å². The fourth-order valence-corrected chi connectivity index (χ4v) is 1.82. The summed E-state index contributed by atoms with van der Waals surface area (Å²) in [7, 11) is 0. The Morgan fingerprint density at radius 2 is 2.25 bits per heavy atom. The molecule has 0 spiro atoms. The zero-order chi connectivity index (χ0) is 14.2. The van der Waals surface area contributed by atoms with Crippen LogP contribution < -0.4 is 10.1 Å². The van der Waals surface area contributed by atoms with Crippen molar-refractivity contribution in [2.45, 2.75) is 19.8 Å². The highest BCUT2D eigenvalue weighted by molar-refractivity contribution is 5.75. The molecule has 5 nitrogen and oxygen atoms in total. The van der Waals surface area contributed by atoms with E-state index in [-0.39, 0.29) is 5.91 Å². The first-order chi connectivity index (χ1) is 9.75. The fourth-order valence-electron chi connectivity index (χ4n) is 1.82. The summed E-state index contributed by atoms with van der Waals surface area (Å²) in [5, 5.41) is 2.84. The third kappa shape index (κ3) is 4.42. The Balaban J connectivity index is 1.62. The minimum atomic E-state index is -0.00913. The Kier molecular flexibility index (Phi) is 5.17. The summed E-state index contributed by atoms with van der Waals surface area (Å²) in [5.41, 5.74) is 1.07. The fraction of sp³-hybridized carbons (Fsp3) is 0.333. The molecule has 0 unspecified atom stereocenters. The largest absolute Gasteiger partial charge is 0.493 e. The van der Waals surface area contributed by atoms with Crippen molar-refractivity contribution in [2.75, 3.05) is 13.2 Å². The number of carbonyl (C=O) groups is 1. The van der Waals surface area contributed by atoms with Gasteiger partial charge in [-0.05, 0) is 18.6 Å². The Bertz CT molecular complexity index is 538. The molecule has 0 bridgehead atoms. The SMILES string of the molecule is Cc1ccccc1OCCC(=O)NCCc1ncc[nH]1. The van der Waals surface area contributed by atoms with E-state index >= 15 is 0 Å². The third-order valence-electron chi connectivity index (χ3n) is 2.92. The number of nitrogens with zero attached hydrogens (tertiary/aromatic N) is 1. The summed E-state index contributed by atoms with van der Waals surface area (Å²) in [4.78, 5) is 18.7. The molecule has 0 saturated carbocycles. The molecule has 1 aromatic heterocycles. The van der Waals surface area contributed by atoms with Gasteiger partial charge in [-0.15, -0.1) is 0 Å². The normalized spacial score (nSPS) is 10.2. The summed E-state index contributed by atoms with van der Waals surface area (Å²) >= 11 is 0. The molecule has 0 saturated heterocycles. The van der Waals surface area contributed by atoms with E-state index in [1.807, 2.05) is 31.2 Å². The highest BCUT2D eigenvalue weighted by Crippen LogP contribution is 2.15. The Labute approximate surface area is 118 Å². The number of para-hydroxylation sites is 1. The van der Waals surface area contributed by atoms with Crippen LogP contribution in [0.5, 0.6) is 5.75 Å². The number of hydrogen-bond donors (Lipinski definition) is 2. The Morgan fingerprint density at radius 1 is 1.40 bits per heavy atom. The maximum absolute atomic E-state index is 11.6. The van der Waals surface area contributed by atoms with Gasteiger partial charge in [0.25, 0.3) is 0 Å². The number of aryl methyl sites for hydroxylation is 1. The smallest absolute Gasteiger partial charge is 0.223 e. The van der Waals surface area contributed by atoms with Gasteiger partial charge in [0.2, 0.25) is 5.91 Å². The van der Waals surface area contributed by atoms with Crippen LogP contribution in [0.25, 0.3) is 0 Å². The Morgan fingerprint density at radius 3 is 3.00 bits per heavy atom. The lowest BCUT2D eigenvalue weighted by Crippen LogP contribution is -2.27. The van der Waals surface area contributed by atoms with Crippen molar-refractivity contribution in [3.8, 4) is 5.75 Å². The van der Waals surface area contributed by atoms with Crippen LogP contribution in [0.4, 0.5) is 0 Å². The van der Waals surface area contributed by atoms with Gasteiger partial charge in [-0.3, -0.25) is 4.79 Å². The highest BCUT2D eigenvalue weighted by atomic mass is 16.5. The Hall–Kier alpha value is -2.30. The molecule has 20 heavy (non-hydrogen) atoms. The quantitative estimate of drug-likeness (QED) is 0.809. The monoisotopic (exact) mass is 273 g/mol. The van der Waals surface area contributed by atoms with Crippen LogP contribution in [-0.2, 0) is 11.2 Å². The summed E-state index contributed by atoms with van der Waals surface area (Å²) < 4.78 is 5.58. The van der Waals surface area contributed by atoms with Crippen LogP contribution in [0, 0.1) is 6.92 Å². The number of amides is 1. The second kappa shape index (κ2) is 7.33. The maximum atomic E-state index is 11.6. The number of hydrogen-bond acceptors (Lipinski definition) is 3. The van der Waals surface area contributed by atoms with E-state index in [0.717, 1.165) is 17.1 Å². The van der Waals surface area contributed by atoms with Crippen LogP contribution >= 0.6 is 0 Å². The predicted molar refractivity (Wildman–Crippen MR) is 76.6 cm³/mol. The molecule has 0 fully saturated rings. The number of ether oxygens (including phenoxy) is 1. The average Bonchev–Trinajstić information content (AvgIpc) is 2.94.